The number of rotatable bonds is 2. The van der Waals surface area contributed by atoms with Gasteiger partial charge in [0.1, 0.15) is 7.05 Å². The molecule has 0 saturated heterocycles. The van der Waals surface area contributed by atoms with Gasteiger partial charge in [0.25, 0.3) is 0 Å². The van der Waals surface area contributed by atoms with Gasteiger partial charge in [-0.2, -0.15) is 0 Å². The van der Waals surface area contributed by atoms with Crippen LogP contribution >= 0.6 is 10.1 Å². The van der Waals surface area contributed by atoms with Gasteiger partial charge in [0.2, 0.25) is 5.71 Å². The zero-order valence-corrected chi connectivity index (χ0v) is 12.5. The Morgan fingerprint density at radius 2 is 1.55 bits per heavy atom. The standard InChI is InChI=1S/C15H13N3.ClH.Cu/c1-17-15(13-8-4-2-5-9-13)12-18(16-17)14-10-6-3-7-11-14;;/h2-11H,1H3;1H;/q;;+1/p-1. The van der Waals surface area contributed by atoms with Crippen LogP contribution in [0.5, 0.6) is 0 Å². The van der Waals surface area contributed by atoms with E-state index in [1.54, 1.807) is 5.01 Å². The molecule has 2 radical (unpaired) electrons. The molecule has 3 rings (SSSR count). The summed E-state index contributed by atoms with van der Waals surface area (Å²) in [6.07, 6.45) is 0. The van der Waals surface area contributed by atoms with Crippen molar-refractivity contribution >= 4 is 21.5 Å². The molecule has 20 heavy (non-hydrogen) atoms. The van der Waals surface area contributed by atoms with E-state index in [-0.39, 0.29) is 0 Å². The molecule has 5 heteroatoms. The van der Waals surface area contributed by atoms with E-state index in [0.29, 0.717) is 0 Å². The van der Waals surface area contributed by atoms with Gasteiger partial charge in [0.15, 0.2) is 6.54 Å². The second-order valence-electron chi connectivity index (χ2n) is 4.09. The zero-order valence-electron chi connectivity index (χ0n) is 10.8. The number of halogens is 1. The summed E-state index contributed by atoms with van der Waals surface area (Å²) in [5.74, 6) is 0. The maximum absolute atomic E-state index is 4.44. The number of benzene rings is 2. The second-order valence-corrected chi connectivity index (χ2v) is 4.09. The zero-order chi connectivity index (χ0) is 14.4. The Hall–Kier alpha value is -1.48. The molecule has 0 N–H and O–H groups in total. The summed E-state index contributed by atoms with van der Waals surface area (Å²) in [5, 5.41) is 1.77. The Morgan fingerprint density at radius 1 is 1.00 bits per heavy atom. The van der Waals surface area contributed by atoms with Crippen molar-refractivity contribution in [1.82, 2.24) is 0 Å². The van der Waals surface area contributed by atoms with Gasteiger partial charge in [-0.1, -0.05) is 36.4 Å². The molecule has 0 bridgehead atoms. The summed E-state index contributed by atoms with van der Waals surface area (Å²) in [7, 11) is 6.13. The molecule has 0 saturated carbocycles. The first-order valence-electron chi connectivity index (χ1n) is 5.95. The number of hydrogen-bond acceptors (Lipinski definition) is 1. The third kappa shape index (κ3) is 3.34. The van der Waals surface area contributed by atoms with Gasteiger partial charge in [-0.15, -0.1) is 0 Å². The summed E-state index contributed by atoms with van der Waals surface area (Å²) >= 11 is 3.66. The fraction of sp³-hybridized carbons (Fsp3) is 0.0667. The SMILES string of the molecule is C[N+]1=C(c2ccccc2)[C]N(c2ccccc2)[N-]1.[Cl][Cu]. The van der Waals surface area contributed by atoms with Gasteiger partial charge >= 0.3 is 25.2 Å². The Bertz CT molecular complexity index is 572. The molecule has 0 spiro atoms. The monoisotopic (exact) mass is 333 g/mol. The molecule has 1 aliphatic rings. The number of anilines is 1. The predicted octanol–water partition coefficient (Wildman–Crippen LogP) is 3.57. The molecule has 1 heterocycles. The normalized spacial score (nSPS) is 13.7. The molecule has 0 aromatic heterocycles. The Kier molecular flexibility index (Phi) is 5.48. The van der Waals surface area contributed by atoms with Crippen molar-refractivity contribution in [2.45, 2.75) is 0 Å². The average Bonchev–Trinajstić information content (AvgIpc) is 2.93. The summed E-state index contributed by atoms with van der Waals surface area (Å²) < 4.78 is 1.84. The van der Waals surface area contributed by atoms with Crippen LogP contribution in [-0.4, -0.2) is 17.4 Å². The summed E-state index contributed by atoms with van der Waals surface area (Å²) in [4.78, 5) is 0. The van der Waals surface area contributed by atoms with E-state index in [1.807, 2.05) is 60.3 Å². The molecule has 0 fully saturated rings. The molecule has 0 atom stereocenters. The number of hydrogen-bond donors (Lipinski definition) is 0. The fourth-order valence-electron chi connectivity index (χ4n) is 1.91. The molecule has 2 aromatic rings. The number of nitrogens with zero attached hydrogens (tertiary/aromatic N) is 3. The van der Waals surface area contributed by atoms with Gasteiger partial charge in [0, 0.05) is 11.3 Å². The van der Waals surface area contributed by atoms with Gasteiger partial charge < -0.3 is 10.5 Å². The van der Waals surface area contributed by atoms with Crippen LogP contribution in [0, 0.1) is 6.54 Å². The molecule has 2 aromatic carbocycles. The second kappa shape index (κ2) is 7.34. The van der Waals surface area contributed by atoms with Crippen LogP contribution in [0.2, 0.25) is 0 Å². The third-order valence-corrected chi connectivity index (χ3v) is 2.81. The first-order valence-corrected chi connectivity index (χ1v) is 7.25. The van der Waals surface area contributed by atoms with Crippen molar-refractivity contribution in [2.24, 2.45) is 0 Å². The van der Waals surface area contributed by atoms with Gasteiger partial charge in [-0.05, 0) is 24.3 Å². The molecule has 0 aliphatic carbocycles. The van der Waals surface area contributed by atoms with Crippen LogP contribution < -0.4 is 5.01 Å². The van der Waals surface area contributed by atoms with E-state index >= 15 is 0 Å². The number of para-hydroxylation sites is 1. The van der Waals surface area contributed by atoms with Gasteiger partial charge in [0.05, 0.1) is 0 Å². The molecule has 106 valence electrons. The van der Waals surface area contributed by atoms with Crippen molar-refractivity contribution in [3.05, 3.63) is 78.3 Å². The molecule has 0 unspecified atom stereocenters. The average molecular weight is 334 g/mol. The Balaban J connectivity index is 0.000000704. The molecular weight excluding hydrogens is 321 g/mol. The Labute approximate surface area is 131 Å². The van der Waals surface area contributed by atoms with Crippen LogP contribution in [0.3, 0.4) is 0 Å². The first-order chi connectivity index (χ1) is 9.84. The quantitative estimate of drug-likeness (QED) is 0.607. The van der Waals surface area contributed by atoms with E-state index in [2.05, 4.69) is 49.4 Å². The summed E-state index contributed by atoms with van der Waals surface area (Å²) in [5.41, 5.74) is 7.53. The van der Waals surface area contributed by atoms with Crippen LogP contribution in [0.25, 0.3) is 5.53 Å². The summed E-state index contributed by atoms with van der Waals surface area (Å²) in [6, 6.07) is 20.2. The van der Waals surface area contributed by atoms with Crippen LogP contribution in [-0.2, 0) is 15.1 Å². The van der Waals surface area contributed by atoms with Crippen LogP contribution in [0.1, 0.15) is 5.56 Å². The minimum absolute atomic E-state index is 0.972. The van der Waals surface area contributed by atoms with Crippen LogP contribution in [0.4, 0.5) is 5.69 Å². The fourth-order valence-corrected chi connectivity index (χ4v) is 1.91. The molecule has 1 aliphatic heterocycles. The Morgan fingerprint density at radius 3 is 2.15 bits per heavy atom. The van der Waals surface area contributed by atoms with Crippen molar-refractivity contribution < 1.29 is 19.8 Å². The van der Waals surface area contributed by atoms with Crippen molar-refractivity contribution in [2.75, 3.05) is 12.1 Å². The molecule has 0 amide bonds. The molecular formula is C15H13ClCuN3. The minimum atomic E-state index is 0.972. The topological polar surface area (TPSA) is 20.4 Å². The van der Waals surface area contributed by atoms with Gasteiger partial charge in [-0.3, -0.25) is 4.68 Å². The van der Waals surface area contributed by atoms with Crippen molar-refractivity contribution in [1.29, 1.82) is 0 Å². The van der Waals surface area contributed by atoms with Crippen molar-refractivity contribution in [3.8, 4) is 0 Å². The summed E-state index contributed by atoms with van der Waals surface area (Å²) in [6.45, 7) is 3.28. The maximum atomic E-state index is 4.44. The molecule has 3 nitrogen and oxygen atoms in total. The predicted molar refractivity (Wildman–Crippen MR) is 78.1 cm³/mol. The van der Waals surface area contributed by atoms with E-state index in [4.69, 9.17) is 0 Å². The van der Waals surface area contributed by atoms with E-state index in [0.717, 1.165) is 17.0 Å². The van der Waals surface area contributed by atoms with E-state index in [1.165, 1.54) is 0 Å². The van der Waals surface area contributed by atoms with Crippen molar-refractivity contribution in [3.63, 3.8) is 0 Å². The van der Waals surface area contributed by atoms with Gasteiger partial charge in [-0.25, -0.2) is 0 Å². The third-order valence-electron chi connectivity index (χ3n) is 2.81. The van der Waals surface area contributed by atoms with E-state index in [9.17, 15) is 0 Å². The van der Waals surface area contributed by atoms with Crippen LogP contribution in [0.15, 0.2) is 60.7 Å². The van der Waals surface area contributed by atoms with E-state index < -0.39 is 0 Å². The first kappa shape index (κ1) is 14.9.